The summed E-state index contributed by atoms with van der Waals surface area (Å²) >= 11 is 0. The van der Waals surface area contributed by atoms with E-state index < -0.39 is 0 Å². The first-order chi connectivity index (χ1) is 6.84. The Morgan fingerprint density at radius 2 is 2.43 bits per heavy atom. The van der Waals surface area contributed by atoms with Crippen LogP contribution in [0.25, 0.3) is 0 Å². The van der Waals surface area contributed by atoms with Crippen LogP contribution in [0, 0.1) is 0 Å². The van der Waals surface area contributed by atoms with Gasteiger partial charge in [0.15, 0.2) is 0 Å². The number of hydrogen-bond acceptors (Lipinski definition) is 3. The van der Waals surface area contributed by atoms with Gasteiger partial charge in [0.1, 0.15) is 0 Å². The predicted octanol–water partition coefficient (Wildman–Crippen LogP) is 0.836. The van der Waals surface area contributed by atoms with Gasteiger partial charge in [0.05, 0.1) is 19.3 Å². The molecule has 1 aliphatic carbocycles. The Labute approximate surface area is 85.1 Å². The van der Waals surface area contributed by atoms with Gasteiger partial charge in [-0.1, -0.05) is 6.08 Å². The molecule has 1 saturated carbocycles. The van der Waals surface area contributed by atoms with Crippen LogP contribution in [0.1, 0.15) is 25.7 Å². The molecule has 2 atom stereocenters. The molecule has 3 nitrogen and oxygen atoms in total. The summed E-state index contributed by atoms with van der Waals surface area (Å²) in [5.74, 6) is 0. The first-order valence-electron chi connectivity index (χ1n) is 5.51. The summed E-state index contributed by atoms with van der Waals surface area (Å²) in [6, 6.07) is 0.507. The molecule has 1 aliphatic heterocycles. The van der Waals surface area contributed by atoms with Gasteiger partial charge in [0.2, 0.25) is 0 Å². The molecule has 1 fully saturated rings. The standard InChI is InChI=1S/C11H19NO2/c13-11-4-3-10(6-11)12-7-9-2-1-5-14-8-9/h2,10-13H,1,3-8H2/t10-,11+/m0/s1. The van der Waals surface area contributed by atoms with Crippen molar-refractivity contribution in [2.24, 2.45) is 0 Å². The summed E-state index contributed by atoms with van der Waals surface area (Å²) in [6.45, 7) is 2.57. The average Bonchev–Trinajstić information content (AvgIpc) is 2.63. The van der Waals surface area contributed by atoms with Crippen LogP contribution in [-0.4, -0.2) is 37.0 Å². The molecular formula is C11H19NO2. The van der Waals surface area contributed by atoms with Crippen LogP contribution in [0.3, 0.4) is 0 Å². The molecule has 0 aromatic rings. The average molecular weight is 197 g/mol. The minimum Gasteiger partial charge on any atom is -0.393 e. The number of nitrogens with one attached hydrogen (secondary N) is 1. The second-order valence-electron chi connectivity index (χ2n) is 4.25. The van der Waals surface area contributed by atoms with Gasteiger partial charge in [-0.3, -0.25) is 0 Å². The van der Waals surface area contributed by atoms with Gasteiger partial charge in [0, 0.05) is 12.6 Å². The summed E-state index contributed by atoms with van der Waals surface area (Å²) in [5.41, 5.74) is 1.36. The van der Waals surface area contributed by atoms with Crippen LogP contribution in [0.15, 0.2) is 11.6 Å². The molecule has 3 heteroatoms. The summed E-state index contributed by atoms with van der Waals surface area (Å²) < 4.78 is 5.36. The van der Waals surface area contributed by atoms with Gasteiger partial charge in [0.25, 0.3) is 0 Å². The zero-order chi connectivity index (χ0) is 9.80. The minimum absolute atomic E-state index is 0.0796. The topological polar surface area (TPSA) is 41.5 Å². The van der Waals surface area contributed by atoms with Crippen molar-refractivity contribution in [3.8, 4) is 0 Å². The van der Waals surface area contributed by atoms with E-state index in [1.165, 1.54) is 5.57 Å². The quantitative estimate of drug-likeness (QED) is 0.659. The first kappa shape index (κ1) is 10.1. The van der Waals surface area contributed by atoms with Crippen LogP contribution in [0.4, 0.5) is 0 Å². The van der Waals surface area contributed by atoms with Crippen molar-refractivity contribution in [3.63, 3.8) is 0 Å². The molecule has 14 heavy (non-hydrogen) atoms. The van der Waals surface area contributed by atoms with E-state index in [2.05, 4.69) is 11.4 Å². The maximum absolute atomic E-state index is 9.36. The highest BCUT2D eigenvalue weighted by Crippen LogP contribution is 2.19. The SMILES string of the molecule is O[C@@H]1CC[C@H](NCC2=CCCOC2)C1. The molecule has 80 valence electrons. The maximum atomic E-state index is 9.36. The molecule has 2 aliphatic rings. The van der Waals surface area contributed by atoms with E-state index in [0.29, 0.717) is 6.04 Å². The van der Waals surface area contributed by atoms with Crippen molar-refractivity contribution >= 4 is 0 Å². The first-order valence-corrected chi connectivity index (χ1v) is 5.51. The third kappa shape index (κ3) is 2.80. The van der Waals surface area contributed by atoms with Gasteiger partial charge in [-0.05, 0) is 31.3 Å². The Bertz CT molecular complexity index is 215. The molecule has 0 saturated heterocycles. The predicted molar refractivity (Wildman–Crippen MR) is 55.2 cm³/mol. The Kier molecular flexibility index (Phi) is 3.56. The lowest BCUT2D eigenvalue weighted by Crippen LogP contribution is -2.30. The summed E-state index contributed by atoms with van der Waals surface area (Å²) in [4.78, 5) is 0. The molecule has 0 aromatic heterocycles. The van der Waals surface area contributed by atoms with Gasteiger partial charge >= 0.3 is 0 Å². The van der Waals surface area contributed by atoms with E-state index in [-0.39, 0.29) is 6.10 Å². The van der Waals surface area contributed by atoms with Crippen molar-refractivity contribution in [2.75, 3.05) is 19.8 Å². The lowest BCUT2D eigenvalue weighted by molar-refractivity contribution is 0.148. The van der Waals surface area contributed by atoms with Crippen molar-refractivity contribution in [1.29, 1.82) is 0 Å². The highest BCUT2D eigenvalue weighted by molar-refractivity contribution is 5.07. The number of rotatable bonds is 3. The molecule has 0 spiro atoms. The van der Waals surface area contributed by atoms with Crippen molar-refractivity contribution in [1.82, 2.24) is 5.32 Å². The normalized spacial score (nSPS) is 33.1. The molecule has 2 N–H and O–H groups in total. The number of aliphatic hydroxyl groups is 1. The van der Waals surface area contributed by atoms with Crippen LogP contribution in [0.2, 0.25) is 0 Å². The van der Waals surface area contributed by atoms with E-state index in [0.717, 1.165) is 45.4 Å². The fraction of sp³-hybridized carbons (Fsp3) is 0.818. The van der Waals surface area contributed by atoms with Crippen molar-refractivity contribution in [2.45, 2.75) is 37.8 Å². The summed E-state index contributed by atoms with van der Waals surface area (Å²) in [7, 11) is 0. The molecule has 1 heterocycles. The molecule has 0 aromatic carbocycles. The molecule has 0 bridgehead atoms. The van der Waals surface area contributed by atoms with E-state index in [9.17, 15) is 5.11 Å². The molecule has 2 rings (SSSR count). The third-order valence-corrected chi connectivity index (χ3v) is 3.01. The van der Waals surface area contributed by atoms with E-state index in [4.69, 9.17) is 4.74 Å². The number of aliphatic hydroxyl groups excluding tert-OH is 1. The summed E-state index contributed by atoms with van der Waals surface area (Å²) in [6.07, 6.45) is 6.20. The maximum Gasteiger partial charge on any atom is 0.0689 e. The van der Waals surface area contributed by atoms with E-state index in [1.54, 1.807) is 0 Å². The van der Waals surface area contributed by atoms with Gasteiger partial charge < -0.3 is 15.2 Å². The molecule has 0 unspecified atom stereocenters. The minimum atomic E-state index is -0.0796. The fourth-order valence-corrected chi connectivity index (χ4v) is 2.15. The lowest BCUT2D eigenvalue weighted by atomic mass is 10.1. The highest BCUT2D eigenvalue weighted by atomic mass is 16.5. The van der Waals surface area contributed by atoms with Crippen molar-refractivity contribution in [3.05, 3.63) is 11.6 Å². The van der Waals surface area contributed by atoms with Crippen LogP contribution < -0.4 is 5.32 Å². The Hall–Kier alpha value is -0.380. The van der Waals surface area contributed by atoms with E-state index in [1.807, 2.05) is 0 Å². The Morgan fingerprint density at radius 3 is 3.07 bits per heavy atom. The van der Waals surface area contributed by atoms with Gasteiger partial charge in [-0.15, -0.1) is 0 Å². The monoisotopic (exact) mass is 197 g/mol. The smallest absolute Gasteiger partial charge is 0.0689 e. The highest BCUT2D eigenvalue weighted by Gasteiger charge is 2.22. The van der Waals surface area contributed by atoms with Crippen LogP contribution in [-0.2, 0) is 4.74 Å². The largest absolute Gasteiger partial charge is 0.393 e. The Morgan fingerprint density at radius 1 is 1.50 bits per heavy atom. The second-order valence-corrected chi connectivity index (χ2v) is 4.25. The Balaban J connectivity index is 1.69. The van der Waals surface area contributed by atoms with Crippen molar-refractivity contribution < 1.29 is 9.84 Å². The van der Waals surface area contributed by atoms with Gasteiger partial charge in [-0.2, -0.15) is 0 Å². The molecular weight excluding hydrogens is 178 g/mol. The fourth-order valence-electron chi connectivity index (χ4n) is 2.15. The third-order valence-electron chi connectivity index (χ3n) is 3.01. The zero-order valence-electron chi connectivity index (χ0n) is 8.54. The number of ether oxygens (including phenoxy) is 1. The van der Waals surface area contributed by atoms with Crippen LogP contribution >= 0.6 is 0 Å². The van der Waals surface area contributed by atoms with E-state index >= 15 is 0 Å². The summed E-state index contributed by atoms with van der Waals surface area (Å²) in [5, 5.41) is 12.8. The number of hydrogen-bond donors (Lipinski definition) is 2. The zero-order valence-corrected chi connectivity index (χ0v) is 8.54. The lowest BCUT2D eigenvalue weighted by Gasteiger charge is -2.17. The molecule has 0 amide bonds. The van der Waals surface area contributed by atoms with Gasteiger partial charge in [-0.25, -0.2) is 0 Å². The molecule has 0 radical (unpaired) electrons. The van der Waals surface area contributed by atoms with Crippen LogP contribution in [0.5, 0.6) is 0 Å². The second kappa shape index (κ2) is 4.91.